The average molecular weight is 219 g/mol. The van der Waals surface area contributed by atoms with Gasteiger partial charge in [0.1, 0.15) is 10.3 Å². The Balaban J connectivity index is 3.24. The van der Waals surface area contributed by atoms with Crippen LogP contribution in [0.2, 0.25) is 0 Å². The Labute approximate surface area is 71.9 Å². The van der Waals surface area contributed by atoms with Crippen molar-refractivity contribution in [3.05, 3.63) is 4.47 Å². The van der Waals surface area contributed by atoms with E-state index in [1.165, 1.54) is 7.11 Å². The fourth-order valence-electron chi connectivity index (χ4n) is 0.595. The largest absolute Gasteiger partial charge is 0.480 e. The van der Waals surface area contributed by atoms with Crippen LogP contribution < -0.4 is 16.2 Å². The van der Waals surface area contributed by atoms with E-state index in [9.17, 15) is 0 Å². The summed E-state index contributed by atoms with van der Waals surface area (Å²) < 4.78 is 5.37. The maximum absolute atomic E-state index is 5.44. The molecule has 1 aromatic rings. The highest BCUT2D eigenvalue weighted by Gasteiger charge is 2.07. The van der Waals surface area contributed by atoms with Gasteiger partial charge < -0.3 is 16.2 Å². The number of ether oxygens (including phenoxy) is 1. The zero-order valence-electron chi connectivity index (χ0n) is 5.84. The molecule has 0 unspecified atom stereocenters. The summed E-state index contributed by atoms with van der Waals surface area (Å²) in [7, 11) is 1.48. The van der Waals surface area contributed by atoms with Crippen molar-refractivity contribution in [3.63, 3.8) is 0 Å². The number of aromatic nitrogens is 2. The lowest BCUT2D eigenvalue weighted by Gasteiger charge is -2.03. The number of hydrogen-bond donors (Lipinski definition) is 2. The molecule has 0 saturated carbocycles. The van der Waals surface area contributed by atoms with Crippen molar-refractivity contribution >= 4 is 27.7 Å². The number of nitrogens with zero attached hydrogens (tertiary/aromatic N) is 2. The first-order chi connectivity index (χ1) is 5.15. The van der Waals surface area contributed by atoms with Crippen molar-refractivity contribution in [1.29, 1.82) is 0 Å². The maximum atomic E-state index is 5.44. The molecule has 11 heavy (non-hydrogen) atoms. The summed E-state index contributed by atoms with van der Waals surface area (Å²) in [6.45, 7) is 0. The van der Waals surface area contributed by atoms with E-state index in [-0.39, 0.29) is 11.8 Å². The van der Waals surface area contributed by atoms with Crippen molar-refractivity contribution in [2.24, 2.45) is 0 Å². The van der Waals surface area contributed by atoms with Crippen LogP contribution in [0.15, 0.2) is 4.47 Å². The Morgan fingerprint density at radius 1 is 1.36 bits per heavy atom. The predicted octanol–water partition coefficient (Wildman–Crippen LogP) is 0.412. The van der Waals surface area contributed by atoms with E-state index in [1.54, 1.807) is 0 Å². The van der Waals surface area contributed by atoms with Gasteiger partial charge in [0.2, 0.25) is 11.8 Å². The second-order valence-electron chi connectivity index (χ2n) is 1.79. The van der Waals surface area contributed by atoms with Crippen LogP contribution in [-0.4, -0.2) is 17.1 Å². The van der Waals surface area contributed by atoms with Gasteiger partial charge in [0.05, 0.1) is 7.11 Å². The molecule has 0 atom stereocenters. The fourth-order valence-corrected chi connectivity index (χ4v) is 0.935. The Morgan fingerprint density at radius 3 is 2.55 bits per heavy atom. The summed E-state index contributed by atoms with van der Waals surface area (Å²) in [5.74, 6) is 0.715. The summed E-state index contributed by atoms with van der Waals surface area (Å²) in [6.07, 6.45) is 0. The van der Waals surface area contributed by atoms with Gasteiger partial charge in [-0.1, -0.05) is 0 Å². The van der Waals surface area contributed by atoms with E-state index in [1.807, 2.05) is 0 Å². The van der Waals surface area contributed by atoms with Crippen molar-refractivity contribution in [1.82, 2.24) is 9.97 Å². The van der Waals surface area contributed by atoms with E-state index >= 15 is 0 Å². The predicted molar refractivity (Wildman–Crippen MR) is 45.1 cm³/mol. The van der Waals surface area contributed by atoms with Crippen molar-refractivity contribution in [3.8, 4) is 5.88 Å². The first-order valence-electron chi connectivity index (χ1n) is 2.77. The van der Waals surface area contributed by atoms with Crippen LogP contribution in [0.25, 0.3) is 0 Å². The second kappa shape index (κ2) is 2.91. The smallest absolute Gasteiger partial charge is 0.234 e. The number of methoxy groups -OCH3 is 1. The normalized spacial score (nSPS) is 9.64. The van der Waals surface area contributed by atoms with E-state index < -0.39 is 0 Å². The lowest BCUT2D eigenvalue weighted by atomic mass is 10.6. The Hall–Kier alpha value is -1.04. The first-order valence-corrected chi connectivity index (χ1v) is 3.57. The molecule has 6 heteroatoms. The molecule has 0 aromatic carbocycles. The highest BCUT2D eigenvalue weighted by Crippen LogP contribution is 2.27. The molecule has 1 aromatic heterocycles. The van der Waals surface area contributed by atoms with Gasteiger partial charge >= 0.3 is 0 Å². The molecule has 0 radical (unpaired) electrons. The summed E-state index contributed by atoms with van der Waals surface area (Å²) in [5.41, 5.74) is 10.7. The zero-order valence-corrected chi connectivity index (χ0v) is 7.42. The molecule has 0 aliphatic rings. The molecule has 1 heterocycles. The van der Waals surface area contributed by atoms with Crippen molar-refractivity contribution in [2.45, 2.75) is 0 Å². The van der Waals surface area contributed by atoms with Crippen LogP contribution in [0.4, 0.5) is 11.8 Å². The number of halogens is 1. The minimum atomic E-state index is 0.0996. The Bertz CT molecular complexity index is 277. The van der Waals surface area contributed by atoms with Crippen LogP contribution in [0, 0.1) is 0 Å². The lowest BCUT2D eigenvalue weighted by Crippen LogP contribution is -2.02. The van der Waals surface area contributed by atoms with E-state index in [0.29, 0.717) is 10.4 Å². The van der Waals surface area contributed by atoms with E-state index in [2.05, 4.69) is 25.9 Å². The van der Waals surface area contributed by atoms with Crippen molar-refractivity contribution in [2.75, 3.05) is 18.6 Å². The number of rotatable bonds is 1. The standard InChI is InChI=1S/C5H7BrN4O/c1-11-4-2(6)3(7)9-5(8)10-4/h1H3,(H4,7,8,9,10). The van der Waals surface area contributed by atoms with Gasteiger partial charge in [-0.05, 0) is 15.9 Å². The summed E-state index contributed by atoms with van der Waals surface area (Å²) in [5, 5.41) is 0. The molecule has 5 nitrogen and oxygen atoms in total. The minimum absolute atomic E-state index is 0.0996. The van der Waals surface area contributed by atoms with Gasteiger partial charge in [-0.3, -0.25) is 0 Å². The Morgan fingerprint density at radius 2 is 2.00 bits per heavy atom. The number of nitrogen functional groups attached to an aromatic ring is 2. The van der Waals surface area contributed by atoms with Gasteiger partial charge in [-0.25, -0.2) is 0 Å². The SMILES string of the molecule is COc1nc(N)nc(N)c1Br. The fraction of sp³-hybridized carbons (Fsp3) is 0.200. The molecular weight excluding hydrogens is 212 g/mol. The van der Waals surface area contributed by atoms with Gasteiger partial charge in [0.15, 0.2) is 0 Å². The number of nitrogens with two attached hydrogens (primary N) is 2. The second-order valence-corrected chi connectivity index (χ2v) is 2.58. The molecule has 0 amide bonds. The van der Waals surface area contributed by atoms with Crippen LogP contribution in [0.3, 0.4) is 0 Å². The third-order valence-electron chi connectivity index (χ3n) is 1.06. The highest BCUT2D eigenvalue weighted by molar-refractivity contribution is 9.10. The lowest BCUT2D eigenvalue weighted by molar-refractivity contribution is 0.395. The topological polar surface area (TPSA) is 87.0 Å². The molecule has 4 N–H and O–H groups in total. The molecule has 0 bridgehead atoms. The van der Waals surface area contributed by atoms with E-state index in [0.717, 1.165) is 0 Å². The number of hydrogen-bond acceptors (Lipinski definition) is 5. The van der Waals surface area contributed by atoms with Crippen molar-refractivity contribution < 1.29 is 4.74 Å². The van der Waals surface area contributed by atoms with Crippen LogP contribution >= 0.6 is 15.9 Å². The molecule has 0 aliphatic carbocycles. The molecule has 0 spiro atoms. The highest BCUT2D eigenvalue weighted by atomic mass is 79.9. The summed E-state index contributed by atoms with van der Waals surface area (Å²) in [4.78, 5) is 7.47. The Kier molecular flexibility index (Phi) is 2.13. The molecule has 60 valence electrons. The molecule has 0 fully saturated rings. The molecule has 0 saturated heterocycles. The average Bonchev–Trinajstić information content (AvgIpc) is 1.96. The van der Waals surface area contributed by atoms with E-state index in [4.69, 9.17) is 16.2 Å². The van der Waals surface area contributed by atoms with Crippen LogP contribution in [0.5, 0.6) is 5.88 Å². The number of anilines is 2. The van der Waals surface area contributed by atoms with Gasteiger partial charge in [0, 0.05) is 0 Å². The van der Waals surface area contributed by atoms with Crippen LogP contribution in [0.1, 0.15) is 0 Å². The molecule has 0 aliphatic heterocycles. The first kappa shape index (κ1) is 8.06. The molecule has 1 rings (SSSR count). The van der Waals surface area contributed by atoms with Crippen LogP contribution in [-0.2, 0) is 0 Å². The summed E-state index contributed by atoms with van der Waals surface area (Å²) in [6, 6.07) is 0. The van der Waals surface area contributed by atoms with Gasteiger partial charge in [-0.15, -0.1) is 0 Å². The molecular formula is C5H7BrN4O. The van der Waals surface area contributed by atoms with Gasteiger partial charge in [-0.2, -0.15) is 9.97 Å². The zero-order chi connectivity index (χ0) is 8.43. The summed E-state index contributed by atoms with van der Waals surface area (Å²) >= 11 is 3.14. The maximum Gasteiger partial charge on any atom is 0.234 e. The third kappa shape index (κ3) is 1.51. The third-order valence-corrected chi connectivity index (χ3v) is 1.80. The minimum Gasteiger partial charge on any atom is -0.480 e. The quantitative estimate of drug-likeness (QED) is 0.714. The van der Waals surface area contributed by atoms with Gasteiger partial charge in [0.25, 0.3) is 0 Å². The monoisotopic (exact) mass is 218 g/mol.